The smallest absolute Gasteiger partial charge is 0.417 e. The monoisotopic (exact) mass is 261 g/mol. The minimum atomic E-state index is -4.64. The highest BCUT2D eigenvalue weighted by atomic mass is 19.4. The third-order valence-corrected chi connectivity index (χ3v) is 2.47. The second-order valence-electron chi connectivity index (χ2n) is 3.67. The van der Waals surface area contributed by atoms with Gasteiger partial charge in [0.2, 0.25) is 0 Å². The maximum Gasteiger partial charge on any atom is 0.417 e. The van der Waals surface area contributed by atoms with E-state index in [-0.39, 0.29) is 24.7 Å². The van der Waals surface area contributed by atoms with Gasteiger partial charge < -0.3 is 15.2 Å². The van der Waals surface area contributed by atoms with Crippen molar-refractivity contribution in [1.82, 2.24) is 0 Å². The molecule has 0 saturated carbocycles. The summed E-state index contributed by atoms with van der Waals surface area (Å²) in [6, 6.07) is 1.81. The highest BCUT2D eigenvalue weighted by Crippen LogP contribution is 2.40. The number of ketones is 1. The normalized spacial score (nSPS) is 14.4. The summed E-state index contributed by atoms with van der Waals surface area (Å²) in [6.45, 7) is -0.0914. The summed E-state index contributed by atoms with van der Waals surface area (Å²) in [6.07, 6.45) is -4.64. The molecule has 1 aromatic rings. The van der Waals surface area contributed by atoms with Gasteiger partial charge in [-0.25, -0.2) is 0 Å². The molecule has 0 unspecified atom stereocenters. The summed E-state index contributed by atoms with van der Waals surface area (Å²) >= 11 is 0. The van der Waals surface area contributed by atoms with Gasteiger partial charge in [0, 0.05) is 5.56 Å². The molecular weight excluding hydrogens is 251 g/mol. The number of carbonyl (C=O) groups is 1. The molecule has 0 fully saturated rings. The number of halogens is 3. The maximum absolute atomic E-state index is 12.8. The van der Waals surface area contributed by atoms with E-state index in [2.05, 4.69) is 0 Å². The lowest BCUT2D eigenvalue weighted by Crippen LogP contribution is -2.22. The standard InChI is InChI=1S/C11H10F3NO3/c12-11(13,14)7-4-10-9(17-1-2-18-10)3-6(7)8(16)5-15/h3-4H,1-2,5,15H2. The van der Waals surface area contributed by atoms with Crippen LogP contribution in [0.2, 0.25) is 0 Å². The molecule has 1 aliphatic rings. The molecule has 2 rings (SSSR count). The summed E-state index contributed by atoms with van der Waals surface area (Å²) in [5.74, 6) is -0.674. The van der Waals surface area contributed by atoms with Gasteiger partial charge in [-0.2, -0.15) is 13.2 Å². The molecule has 0 bridgehead atoms. The maximum atomic E-state index is 12.8. The first kappa shape index (κ1) is 12.7. The lowest BCUT2D eigenvalue weighted by Gasteiger charge is -2.21. The van der Waals surface area contributed by atoms with Gasteiger partial charge in [0.15, 0.2) is 17.3 Å². The topological polar surface area (TPSA) is 61.6 Å². The molecular formula is C11H10F3NO3. The third-order valence-electron chi connectivity index (χ3n) is 2.47. The minimum Gasteiger partial charge on any atom is -0.486 e. The molecule has 0 aromatic heterocycles. The summed E-state index contributed by atoms with van der Waals surface area (Å²) in [5, 5.41) is 0. The number of carbonyl (C=O) groups excluding carboxylic acids is 1. The highest BCUT2D eigenvalue weighted by Gasteiger charge is 2.36. The SMILES string of the molecule is NCC(=O)c1cc2c(cc1C(F)(F)F)OCCO2. The van der Waals surface area contributed by atoms with E-state index in [1.165, 1.54) is 0 Å². The molecule has 0 atom stereocenters. The van der Waals surface area contributed by atoms with E-state index in [1.54, 1.807) is 0 Å². The molecule has 0 saturated heterocycles. The molecule has 7 heteroatoms. The van der Waals surface area contributed by atoms with Crippen LogP contribution in [0.4, 0.5) is 13.2 Å². The van der Waals surface area contributed by atoms with Gasteiger partial charge in [-0.1, -0.05) is 0 Å². The second-order valence-corrected chi connectivity index (χ2v) is 3.67. The van der Waals surface area contributed by atoms with Crippen molar-refractivity contribution < 1.29 is 27.4 Å². The van der Waals surface area contributed by atoms with Crippen LogP contribution in [0, 0.1) is 0 Å². The van der Waals surface area contributed by atoms with Gasteiger partial charge in [0.1, 0.15) is 13.2 Å². The molecule has 1 heterocycles. The van der Waals surface area contributed by atoms with Gasteiger partial charge in [-0.05, 0) is 12.1 Å². The lowest BCUT2D eigenvalue weighted by atomic mass is 10.0. The zero-order chi connectivity index (χ0) is 13.3. The Morgan fingerprint density at radius 1 is 1.22 bits per heavy atom. The Morgan fingerprint density at radius 2 is 1.78 bits per heavy atom. The summed E-state index contributed by atoms with van der Waals surface area (Å²) in [7, 11) is 0. The van der Waals surface area contributed by atoms with Crippen molar-refractivity contribution in [2.24, 2.45) is 5.73 Å². The quantitative estimate of drug-likeness (QED) is 0.822. The number of Topliss-reactive ketones (excluding diaryl/α,β-unsaturated/α-hetero) is 1. The predicted molar refractivity (Wildman–Crippen MR) is 55.8 cm³/mol. The van der Waals surface area contributed by atoms with E-state index in [0.717, 1.165) is 12.1 Å². The number of benzene rings is 1. The van der Waals surface area contributed by atoms with Gasteiger partial charge in [-0.3, -0.25) is 4.79 Å². The van der Waals surface area contributed by atoms with Crippen LogP contribution in [0.3, 0.4) is 0 Å². The molecule has 0 aliphatic carbocycles. The average molecular weight is 261 g/mol. The summed E-state index contributed by atoms with van der Waals surface area (Å²) in [4.78, 5) is 11.4. The minimum absolute atomic E-state index is 0.0119. The van der Waals surface area contributed by atoms with Crippen LogP contribution in [-0.2, 0) is 6.18 Å². The fourth-order valence-corrected chi connectivity index (χ4v) is 1.66. The third kappa shape index (κ3) is 2.26. The van der Waals surface area contributed by atoms with Crippen LogP contribution in [-0.4, -0.2) is 25.5 Å². The average Bonchev–Trinajstić information content (AvgIpc) is 2.35. The number of alkyl halides is 3. The van der Waals surface area contributed by atoms with Crippen LogP contribution in [0.1, 0.15) is 15.9 Å². The van der Waals surface area contributed by atoms with Crippen molar-refractivity contribution in [3.8, 4) is 11.5 Å². The van der Waals surface area contributed by atoms with Crippen LogP contribution in [0.15, 0.2) is 12.1 Å². The van der Waals surface area contributed by atoms with Crippen molar-refractivity contribution >= 4 is 5.78 Å². The largest absolute Gasteiger partial charge is 0.486 e. The Labute approximate surface area is 100 Å². The molecule has 1 aromatic carbocycles. The first-order valence-electron chi connectivity index (χ1n) is 5.17. The van der Waals surface area contributed by atoms with Crippen molar-refractivity contribution in [1.29, 1.82) is 0 Å². The Hall–Kier alpha value is -1.76. The molecule has 98 valence electrons. The predicted octanol–water partition coefficient (Wildman–Crippen LogP) is 1.62. The number of fused-ring (bicyclic) bond motifs is 1. The molecule has 0 spiro atoms. The van der Waals surface area contributed by atoms with Gasteiger partial charge in [-0.15, -0.1) is 0 Å². The van der Waals surface area contributed by atoms with E-state index in [0.29, 0.717) is 0 Å². The Morgan fingerprint density at radius 3 is 2.28 bits per heavy atom. The van der Waals surface area contributed by atoms with Gasteiger partial charge in [0.25, 0.3) is 0 Å². The van der Waals surface area contributed by atoms with E-state index in [9.17, 15) is 18.0 Å². The Kier molecular flexibility index (Phi) is 3.16. The van der Waals surface area contributed by atoms with Crippen LogP contribution in [0.25, 0.3) is 0 Å². The fourth-order valence-electron chi connectivity index (χ4n) is 1.66. The van der Waals surface area contributed by atoms with Crippen molar-refractivity contribution in [3.63, 3.8) is 0 Å². The molecule has 18 heavy (non-hydrogen) atoms. The molecule has 0 amide bonds. The number of hydrogen-bond donors (Lipinski definition) is 1. The molecule has 2 N–H and O–H groups in total. The van der Waals surface area contributed by atoms with Crippen molar-refractivity contribution in [2.45, 2.75) is 6.18 Å². The van der Waals surface area contributed by atoms with Crippen LogP contribution in [0.5, 0.6) is 11.5 Å². The first-order chi connectivity index (χ1) is 8.43. The van der Waals surface area contributed by atoms with E-state index >= 15 is 0 Å². The van der Waals surface area contributed by atoms with Crippen LogP contribution >= 0.6 is 0 Å². The first-order valence-corrected chi connectivity index (χ1v) is 5.17. The van der Waals surface area contributed by atoms with Crippen molar-refractivity contribution in [2.75, 3.05) is 19.8 Å². The zero-order valence-corrected chi connectivity index (χ0v) is 9.21. The van der Waals surface area contributed by atoms with Gasteiger partial charge in [0.05, 0.1) is 12.1 Å². The van der Waals surface area contributed by atoms with E-state index < -0.39 is 29.6 Å². The summed E-state index contributed by atoms with van der Waals surface area (Å²) < 4.78 is 48.7. The molecule has 0 radical (unpaired) electrons. The fraction of sp³-hybridized carbons (Fsp3) is 0.364. The molecule has 4 nitrogen and oxygen atoms in total. The second kappa shape index (κ2) is 4.49. The number of nitrogens with two attached hydrogens (primary N) is 1. The Balaban J connectivity index is 2.58. The van der Waals surface area contributed by atoms with E-state index in [4.69, 9.17) is 15.2 Å². The number of rotatable bonds is 2. The highest BCUT2D eigenvalue weighted by molar-refractivity contribution is 5.99. The van der Waals surface area contributed by atoms with Crippen molar-refractivity contribution in [3.05, 3.63) is 23.3 Å². The lowest BCUT2D eigenvalue weighted by molar-refractivity contribution is -0.138. The van der Waals surface area contributed by atoms with Crippen LogP contribution < -0.4 is 15.2 Å². The molecule has 1 aliphatic heterocycles. The summed E-state index contributed by atoms with van der Waals surface area (Å²) in [5.41, 5.74) is 3.56. The van der Waals surface area contributed by atoms with Gasteiger partial charge >= 0.3 is 6.18 Å². The number of ether oxygens (including phenoxy) is 2. The Bertz CT molecular complexity index is 485. The zero-order valence-electron chi connectivity index (χ0n) is 9.21. The van der Waals surface area contributed by atoms with E-state index in [1.807, 2.05) is 0 Å². The number of hydrogen-bond acceptors (Lipinski definition) is 4.